The molecule has 1 fully saturated rings. The van der Waals surface area contributed by atoms with Crippen LogP contribution in [0.15, 0.2) is 29.6 Å². The van der Waals surface area contributed by atoms with Crippen molar-refractivity contribution in [3.8, 4) is 0 Å². The van der Waals surface area contributed by atoms with Crippen molar-refractivity contribution in [3.63, 3.8) is 0 Å². The summed E-state index contributed by atoms with van der Waals surface area (Å²) < 4.78 is 10.8. The number of ether oxygens (including phenoxy) is 2. The first-order valence-electron chi connectivity index (χ1n) is 23.1. The van der Waals surface area contributed by atoms with E-state index in [4.69, 9.17) is 29.7 Å². The van der Waals surface area contributed by atoms with Crippen molar-refractivity contribution in [1.82, 2.24) is 15.0 Å². The molecule has 0 unspecified atom stereocenters. The molecule has 348 valence electrons. The van der Waals surface area contributed by atoms with Crippen molar-refractivity contribution in [2.24, 2.45) is 29.6 Å². The van der Waals surface area contributed by atoms with Crippen LogP contribution in [0.2, 0.25) is 0 Å². The maximum atomic E-state index is 14.2. The minimum Gasteiger partial charge on any atom is -0.664 e. The fourth-order valence-corrected chi connectivity index (χ4v) is 9.23. The summed E-state index contributed by atoms with van der Waals surface area (Å²) >= 11 is 0. The van der Waals surface area contributed by atoms with Gasteiger partial charge in [0.2, 0.25) is 0 Å². The van der Waals surface area contributed by atoms with Crippen LogP contribution in [0.1, 0.15) is 186 Å². The number of hydrogen-bond donors (Lipinski definition) is 0. The number of fused-ring (bicyclic) bond motifs is 7. The Bertz CT molecular complexity index is 2420. The van der Waals surface area contributed by atoms with Crippen LogP contribution < -0.4 is 25.7 Å². The quantitative estimate of drug-likeness (QED) is 0.0425. The molecule has 0 amide bonds. The summed E-state index contributed by atoms with van der Waals surface area (Å²) in [6.45, 7) is 25.4. The molecule has 65 heavy (non-hydrogen) atoms. The van der Waals surface area contributed by atoms with E-state index >= 15 is 0 Å². The number of nitrogens with zero attached hydrogens (tertiary/aromatic N) is 4. The molecule has 3 aromatic heterocycles. The molecule has 0 N–H and O–H groups in total. The van der Waals surface area contributed by atoms with E-state index in [9.17, 15) is 19.2 Å². The van der Waals surface area contributed by atoms with Gasteiger partial charge in [0.25, 0.3) is 0 Å². The number of aromatic nitrogens is 3. The molecule has 6 rings (SSSR count). The maximum Gasteiger partial charge on any atom is 2.00 e. The number of Topliss-reactive ketones (excluding diaryl/α,β-unsaturated/α-hetero) is 1. The van der Waals surface area contributed by atoms with E-state index in [2.05, 4.69) is 41.2 Å². The molecule has 4 atom stereocenters. The molecule has 10 nitrogen and oxygen atoms in total. The van der Waals surface area contributed by atoms with Gasteiger partial charge in [0, 0.05) is 17.5 Å². The molecule has 0 spiro atoms. The number of ketones is 1. The number of esters is 2. The number of aldehydes is 1. The third-order valence-electron chi connectivity index (χ3n) is 12.9. The fraction of sp³-hybridized carbons (Fsp3) is 0.519. The second-order valence-electron chi connectivity index (χ2n) is 17.9. The molecule has 1 saturated heterocycles. The summed E-state index contributed by atoms with van der Waals surface area (Å²) in [5.41, 5.74) is 8.76. The predicted octanol–water partition coefficient (Wildman–Crippen LogP) is 10.1. The monoisotopic (exact) mass is 897 g/mol. The first kappa shape index (κ1) is 54.7. The Morgan fingerprint density at radius 2 is 1.58 bits per heavy atom. The van der Waals surface area contributed by atoms with Crippen LogP contribution in [0.5, 0.6) is 0 Å². The zero-order chi connectivity index (χ0) is 46.1. The molecule has 8 bridgehead atoms. The predicted molar refractivity (Wildman–Crippen MR) is 265 cm³/mol. The van der Waals surface area contributed by atoms with Gasteiger partial charge >= 0.3 is 35.0 Å². The minimum atomic E-state index is -1.26. The fourth-order valence-electron chi connectivity index (χ4n) is 9.23. The van der Waals surface area contributed by atoms with Crippen molar-refractivity contribution >= 4 is 76.9 Å². The van der Waals surface area contributed by atoms with Gasteiger partial charge in [-0.05, 0) is 75.3 Å². The summed E-state index contributed by atoms with van der Waals surface area (Å²) in [5.74, 6) is -1.43. The Kier molecular flexibility index (Phi) is 20.9. The van der Waals surface area contributed by atoms with Gasteiger partial charge in [-0.25, -0.2) is 0 Å². The van der Waals surface area contributed by atoms with Gasteiger partial charge in [-0.15, -0.1) is 33.5 Å². The Morgan fingerprint density at radius 1 is 0.892 bits per heavy atom. The van der Waals surface area contributed by atoms with E-state index in [1.54, 1.807) is 25.2 Å². The van der Waals surface area contributed by atoms with Crippen molar-refractivity contribution in [3.05, 3.63) is 102 Å². The van der Waals surface area contributed by atoms with Crippen LogP contribution in [0.4, 0.5) is 0 Å². The van der Waals surface area contributed by atoms with Gasteiger partial charge in [0.05, 0.1) is 7.11 Å². The smallest absolute Gasteiger partial charge is 0.664 e. The topological polar surface area (TPSA) is 143 Å². The zero-order valence-electron chi connectivity index (χ0n) is 40.3. The van der Waals surface area contributed by atoms with Crippen molar-refractivity contribution in [2.45, 2.75) is 141 Å². The molecule has 0 radical (unpaired) electrons. The summed E-state index contributed by atoms with van der Waals surface area (Å²) in [6.07, 6.45) is 20.0. The van der Waals surface area contributed by atoms with E-state index in [1.807, 2.05) is 39.8 Å². The van der Waals surface area contributed by atoms with Crippen LogP contribution in [0.3, 0.4) is 0 Å². The number of carbonyl (C=O) groups excluding carboxylic acids is 4. The normalized spacial score (nSPS) is 20.6. The van der Waals surface area contributed by atoms with Crippen molar-refractivity contribution in [2.75, 3.05) is 13.7 Å². The molecule has 5 heterocycles. The second kappa shape index (κ2) is 24.8. The number of rotatable bonds is 17. The maximum absolute atomic E-state index is 14.2. The van der Waals surface area contributed by atoms with Crippen molar-refractivity contribution < 1.29 is 28.7 Å². The van der Waals surface area contributed by atoms with Gasteiger partial charge in [0.1, 0.15) is 18.8 Å². The van der Waals surface area contributed by atoms with E-state index in [0.717, 1.165) is 47.7 Å². The number of carbonyl (C=O) groups is 4. The Hall–Kier alpha value is -4.61. The van der Waals surface area contributed by atoms with Crippen LogP contribution in [-0.4, -0.2) is 60.8 Å². The average molecular weight is 897 g/mol. The van der Waals surface area contributed by atoms with Crippen LogP contribution in [-0.2, 0) is 25.5 Å². The van der Waals surface area contributed by atoms with Crippen LogP contribution in [0, 0.1) is 43.4 Å². The largest absolute Gasteiger partial charge is 2.00 e. The molecular formula is C54H72MgN4O6-2. The minimum absolute atomic E-state index is 0. The van der Waals surface area contributed by atoms with E-state index < -0.39 is 17.7 Å². The SMILES string of the molecule is C.C=Cc1c2[n-]c(c1C)/C=C1\[N-]/C(=C3\c4[n-]c(c(C)c4C(=O)[C@@H]3C(=O)OC)/C=c3\[n-]/c(c(C=O)c3CC)=C\2)[C@@H](CCC(=O)OC/C=C(\C)CCC)[C@@H]1C.CCC[C@H](C)CCCC(C)C.[Mg+2]. The molecule has 0 aromatic carbocycles. The van der Waals surface area contributed by atoms with Crippen LogP contribution >= 0.6 is 0 Å². The standard InChI is InChI=1S/C42H45N4O6.C11H24.CH4.Mg/c1-9-12-21(4)15-16-52-35(48)14-13-27-23(6)30-17-29-22(5)25(10-2)32(43-29)19-34-28(20-47)26(11-3)33(44-34)18-31-24(7)36-40(46-31)37(39(27)45-30)38(41(36)49)42(50)51-8;1-5-7-11(4)9-6-8-10(2)3;;/h10,15,17-20,23,27,38H,2,9,11-14,16H2,1,3-8H3,(H-,45,46,47,49);10-11H,5-9H2,1-4H3;1H4;/q-3;;;+2/p-1/b21-15+,30-17-,34-19-;;;/t23-,27-,38+;11-;;/m00../s1. The van der Waals surface area contributed by atoms with Crippen LogP contribution in [0.25, 0.3) is 35.2 Å². The molecule has 3 aliphatic rings. The first-order chi connectivity index (χ1) is 30.1. The summed E-state index contributed by atoms with van der Waals surface area (Å²) in [6, 6.07) is 0. The number of allylic oxidation sites excluding steroid dienone is 3. The summed E-state index contributed by atoms with van der Waals surface area (Å²) in [7, 11) is 1.26. The first-order valence-corrected chi connectivity index (χ1v) is 23.1. The molecule has 0 saturated carbocycles. The van der Waals surface area contributed by atoms with Crippen molar-refractivity contribution in [1.29, 1.82) is 0 Å². The van der Waals surface area contributed by atoms with Gasteiger partial charge in [0.15, 0.2) is 5.78 Å². The van der Waals surface area contributed by atoms with Gasteiger partial charge < -0.3 is 29.7 Å². The summed E-state index contributed by atoms with van der Waals surface area (Å²) in [4.78, 5) is 67.9. The average Bonchev–Trinajstić information content (AvgIpc) is 4.00. The Morgan fingerprint density at radius 3 is 2.20 bits per heavy atom. The third-order valence-corrected chi connectivity index (χ3v) is 12.9. The van der Waals surface area contributed by atoms with E-state index in [1.165, 1.54) is 44.8 Å². The number of hydrogen-bond acceptors (Lipinski definition) is 6. The van der Waals surface area contributed by atoms with Gasteiger partial charge in [-0.1, -0.05) is 153 Å². The van der Waals surface area contributed by atoms with E-state index in [0.29, 0.717) is 80.0 Å². The van der Waals surface area contributed by atoms with Gasteiger partial charge in [-0.2, -0.15) is 11.4 Å². The molecule has 1 aliphatic carbocycles. The molecular weight excluding hydrogens is 825 g/mol. The molecule has 2 aliphatic heterocycles. The van der Waals surface area contributed by atoms with E-state index in [-0.39, 0.29) is 61.3 Å². The molecule has 3 aromatic rings. The Labute approximate surface area is 404 Å². The third kappa shape index (κ3) is 12.2. The zero-order valence-corrected chi connectivity index (χ0v) is 41.7. The number of methoxy groups -OCH3 is 1. The molecule has 11 heteroatoms. The van der Waals surface area contributed by atoms with Gasteiger partial charge in [-0.3, -0.25) is 19.2 Å². The Balaban J connectivity index is 0.000000765. The second-order valence-corrected chi connectivity index (χ2v) is 17.9. The summed E-state index contributed by atoms with van der Waals surface area (Å²) in [5, 5.41) is 6.19.